The Kier molecular flexibility index (Phi) is 7.45. The molecule has 0 amide bonds. The predicted octanol–water partition coefficient (Wildman–Crippen LogP) is 4.36. The second-order valence-electron chi connectivity index (χ2n) is 5.93. The van der Waals surface area contributed by atoms with Gasteiger partial charge in [0.05, 0.1) is 4.88 Å². The normalized spacial score (nSPS) is 15.0. The molecule has 24 heavy (non-hydrogen) atoms. The van der Waals surface area contributed by atoms with E-state index in [1.165, 1.54) is 43.5 Å². The molecule has 0 aliphatic carbocycles. The van der Waals surface area contributed by atoms with E-state index in [0.717, 1.165) is 17.8 Å². The fourth-order valence-corrected chi connectivity index (χ4v) is 3.00. The van der Waals surface area contributed by atoms with Crippen molar-refractivity contribution in [2.24, 2.45) is 5.92 Å². The molecule has 1 fully saturated rings. The lowest BCUT2D eigenvalue weighted by atomic mass is 10.00. The average molecular weight is 361 g/mol. The van der Waals surface area contributed by atoms with Crippen LogP contribution in [-0.4, -0.2) is 36.3 Å². The van der Waals surface area contributed by atoms with Crippen molar-refractivity contribution in [3.8, 4) is 11.8 Å². The molecule has 0 atom stereocenters. The fourth-order valence-electron chi connectivity index (χ4n) is 2.23. The number of thiazole rings is 1. The molecule has 1 saturated heterocycles. The number of rotatable bonds is 1. The largest absolute Gasteiger partial charge is 0.306 e. The van der Waals surface area contributed by atoms with Gasteiger partial charge in [-0.3, -0.25) is 4.79 Å². The highest BCUT2D eigenvalue weighted by Gasteiger charge is 2.10. The molecule has 0 N–H and O–H groups in total. The summed E-state index contributed by atoms with van der Waals surface area (Å²) < 4.78 is 0. The van der Waals surface area contributed by atoms with Crippen molar-refractivity contribution in [3.63, 3.8) is 0 Å². The van der Waals surface area contributed by atoms with E-state index in [9.17, 15) is 4.79 Å². The summed E-state index contributed by atoms with van der Waals surface area (Å²) in [7, 11) is 2.20. The Hall–Kier alpha value is -1.67. The maximum atomic E-state index is 10.4. The van der Waals surface area contributed by atoms with E-state index < -0.39 is 0 Å². The van der Waals surface area contributed by atoms with Crippen LogP contribution in [0.2, 0.25) is 5.02 Å². The summed E-state index contributed by atoms with van der Waals surface area (Å²) in [5.41, 5.74) is 0.829. The predicted molar refractivity (Wildman–Crippen MR) is 101 cm³/mol. The van der Waals surface area contributed by atoms with E-state index in [4.69, 9.17) is 11.6 Å². The number of piperidine rings is 1. The van der Waals surface area contributed by atoms with Gasteiger partial charge in [0.1, 0.15) is 0 Å². The number of nitrogens with zero attached hydrogens (tertiary/aromatic N) is 2. The Labute approximate surface area is 152 Å². The van der Waals surface area contributed by atoms with Crippen LogP contribution in [0.1, 0.15) is 40.0 Å². The summed E-state index contributed by atoms with van der Waals surface area (Å²) in [5.74, 6) is 6.80. The first-order valence-electron chi connectivity index (χ1n) is 7.94. The topological polar surface area (TPSA) is 33.2 Å². The van der Waals surface area contributed by atoms with Crippen LogP contribution in [0.5, 0.6) is 0 Å². The quantitative estimate of drug-likeness (QED) is 0.559. The zero-order valence-corrected chi connectivity index (χ0v) is 15.5. The summed E-state index contributed by atoms with van der Waals surface area (Å²) in [6.45, 7) is 4.95. The standard InChI is InChI=1S/C12H6ClNOS.C7H15N/c13-10-3-1-2-9(6-10)4-5-12-14-7-11(8-15)16-12;1-7-3-5-8(2)6-4-7/h1-3,6-8H;7H,3-6H2,1-2H3. The molecule has 1 aromatic carbocycles. The number of aldehydes is 1. The third kappa shape index (κ3) is 6.45. The van der Waals surface area contributed by atoms with Crippen LogP contribution in [0.3, 0.4) is 0 Å². The number of carbonyl (C=O) groups excluding carboxylic acids is 1. The molecule has 1 aromatic heterocycles. The first-order chi connectivity index (χ1) is 11.6. The van der Waals surface area contributed by atoms with Gasteiger partial charge in [-0.2, -0.15) is 0 Å². The van der Waals surface area contributed by atoms with E-state index >= 15 is 0 Å². The van der Waals surface area contributed by atoms with Gasteiger partial charge in [0, 0.05) is 16.8 Å². The van der Waals surface area contributed by atoms with Crippen molar-refractivity contribution < 1.29 is 4.79 Å². The summed E-state index contributed by atoms with van der Waals surface area (Å²) in [6.07, 6.45) is 5.08. The Balaban J connectivity index is 0.000000219. The minimum Gasteiger partial charge on any atom is -0.306 e. The average Bonchev–Trinajstić information content (AvgIpc) is 3.05. The molecular formula is C19H21ClN2OS. The molecule has 0 spiro atoms. The van der Waals surface area contributed by atoms with Crippen LogP contribution < -0.4 is 0 Å². The van der Waals surface area contributed by atoms with Crippen molar-refractivity contribution in [1.29, 1.82) is 0 Å². The van der Waals surface area contributed by atoms with Gasteiger partial charge in [-0.25, -0.2) is 4.98 Å². The maximum Gasteiger partial charge on any atom is 0.167 e. The van der Waals surface area contributed by atoms with E-state index in [1.54, 1.807) is 12.1 Å². The SMILES string of the molecule is CC1CCN(C)CC1.O=Cc1cnc(C#Cc2cccc(Cl)c2)s1. The van der Waals surface area contributed by atoms with Gasteiger partial charge in [-0.1, -0.05) is 30.5 Å². The zero-order chi connectivity index (χ0) is 17.4. The minimum absolute atomic E-state index is 0.579. The molecule has 2 heterocycles. The Morgan fingerprint density at radius 3 is 2.67 bits per heavy atom. The smallest absolute Gasteiger partial charge is 0.167 e. The van der Waals surface area contributed by atoms with Crippen LogP contribution >= 0.6 is 22.9 Å². The molecule has 1 aliphatic heterocycles. The maximum absolute atomic E-state index is 10.4. The molecule has 0 saturated carbocycles. The van der Waals surface area contributed by atoms with Gasteiger partial charge < -0.3 is 4.90 Å². The number of benzene rings is 1. The van der Waals surface area contributed by atoms with E-state index in [0.29, 0.717) is 14.9 Å². The van der Waals surface area contributed by atoms with Crippen molar-refractivity contribution in [1.82, 2.24) is 9.88 Å². The van der Waals surface area contributed by atoms with Crippen LogP contribution in [0.4, 0.5) is 0 Å². The molecule has 0 radical (unpaired) electrons. The monoisotopic (exact) mass is 360 g/mol. The number of aromatic nitrogens is 1. The van der Waals surface area contributed by atoms with Gasteiger partial charge in [-0.15, -0.1) is 11.3 Å². The number of hydrogen-bond acceptors (Lipinski definition) is 4. The van der Waals surface area contributed by atoms with E-state index in [1.807, 2.05) is 12.1 Å². The van der Waals surface area contributed by atoms with Crippen LogP contribution in [0.15, 0.2) is 30.5 Å². The lowest BCUT2D eigenvalue weighted by Gasteiger charge is -2.26. The minimum atomic E-state index is 0.579. The van der Waals surface area contributed by atoms with Crippen LogP contribution in [-0.2, 0) is 0 Å². The Morgan fingerprint density at radius 1 is 1.33 bits per heavy atom. The van der Waals surface area contributed by atoms with Crippen molar-refractivity contribution in [3.05, 3.63) is 50.9 Å². The van der Waals surface area contributed by atoms with Crippen molar-refractivity contribution in [2.45, 2.75) is 19.8 Å². The summed E-state index contributed by atoms with van der Waals surface area (Å²) in [6, 6.07) is 7.28. The van der Waals surface area contributed by atoms with Crippen molar-refractivity contribution in [2.75, 3.05) is 20.1 Å². The molecule has 5 heteroatoms. The second-order valence-corrected chi connectivity index (χ2v) is 7.43. The number of likely N-dealkylation sites (tertiary alicyclic amines) is 1. The second kappa shape index (κ2) is 9.58. The lowest BCUT2D eigenvalue weighted by molar-refractivity contribution is 0.112. The first-order valence-corrected chi connectivity index (χ1v) is 9.13. The number of carbonyl (C=O) groups is 1. The molecule has 3 nitrogen and oxygen atoms in total. The summed E-state index contributed by atoms with van der Waals surface area (Å²) in [4.78, 5) is 17.4. The molecular weight excluding hydrogens is 340 g/mol. The highest BCUT2D eigenvalue weighted by atomic mass is 35.5. The fraction of sp³-hybridized carbons (Fsp3) is 0.368. The first kappa shape index (κ1) is 18.7. The summed E-state index contributed by atoms with van der Waals surface area (Å²) >= 11 is 7.10. The molecule has 0 bridgehead atoms. The highest BCUT2D eigenvalue weighted by Crippen LogP contribution is 2.13. The number of halogens is 1. The van der Waals surface area contributed by atoms with E-state index in [-0.39, 0.29) is 0 Å². The van der Waals surface area contributed by atoms with Gasteiger partial charge in [-0.05, 0) is 63.0 Å². The number of hydrogen-bond donors (Lipinski definition) is 0. The van der Waals surface area contributed by atoms with Crippen molar-refractivity contribution >= 4 is 29.2 Å². The van der Waals surface area contributed by atoms with Gasteiger partial charge >= 0.3 is 0 Å². The Morgan fingerprint density at radius 2 is 2.08 bits per heavy atom. The van der Waals surface area contributed by atoms with Gasteiger partial charge in [0.25, 0.3) is 0 Å². The summed E-state index contributed by atoms with van der Waals surface area (Å²) in [5, 5.41) is 1.28. The van der Waals surface area contributed by atoms with E-state index in [2.05, 4.69) is 35.7 Å². The molecule has 3 rings (SSSR count). The van der Waals surface area contributed by atoms with Crippen LogP contribution in [0.25, 0.3) is 0 Å². The highest BCUT2D eigenvalue weighted by molar-refractivity contribution is 7.13. The van der Waals surface area contributed by atoms with Crippen LogP contribution in [0, 0.1) is 17.8 Å². The lowest BCUT2D eigenvalue weighted by Crippen LogP contribution is -2.28. The van der Waals surface area contributed by atoms with Gasteiger partial charge in [0.15, 0.2) is 11.3 Å². The molecule has 0 unspecified atom stereocenters. The van der Waals surface area contributed by atoms with Gasteiger partial charge in [0.2, 0.25) is 0 Å². The zero-order valence-electron chi connectivity index (χ0n) is 14.0. The third-order valence-corrected chi connectivity index (χ3v) is 4.86. The molecule has 126 valence electrons. The Bertz CT molecular complexity index is 714. The third-order valence-electron chi connectivity index (χ3n) is 3.79. The molecule has 2 aromatic rings. The molecule has 1 aliphatic rings.